The third kappa shape index (κ3) is 3.33. The zero-order chi connectivity index (χ0) is 15.7. The molecule has 0 aliphatic heterocycles. The largest absolute Gasteiger partial charge is 0.332 e. The molecule has 3 aromatic rings. The Labute approximate surface area is 147 Å². The molecule has 7 heteroatoms. The van der Waals surface area contributed by atoms with E-state index in [1.54, 1.807) is 0 Å². The minimum absolute atomic E-state index is 0.459. The summed E-state index contributed by atoms with van der Waals surface area (Å²) in [6.45, 7) is 1.98. The fourth-order valence-corrected chi connectivity index (χ4v) is 3.56. The lowest BCUT2D eigenvalue weighted by Crippen LogP contribution is -2.19. The summed E-state index contributed by atoms with van der Waals surface area (Å²) in [5.41, 5.74) is 2.70. The Kier molecular flexibility index (Phi) is 4.49. The quantitative estimate of drug-likeness (QED) is 0.567. The van der Waals surface area contributed by atoms with E-state index in [1.807, 2.05) is 43.3 Å². The molecule has 0 spiro atoms. The average Bonchev–Trinajstić information content (AvgIpc) is 2.86. The second-order valence-electron chi connectivity index (χ2n) is 4.64. The van der Waals surface area contributed by atoms with Crippen LogP contribution in [-0.4, -0.2) is 10.1 Å². The van der Waals surface area contributed by atoms with Gasteiger partial charge in [-0.25, -0.2) is 4.98 Å². The van der Waals surface area contributed by atoms with Crippen LogP contribution in [0.15, 0.2) is 36.4 Å². The van der Waals surface area contributed by atoms with Gasteiger partial charge in [0.15, 0.2) is 10.2 Å². The lowest BCUT2D eigenvalue weighted by molar-refractivity contribution is 1.44. The monoisotopic (exact) mass is 367 g/mol. The minimum Gasteiger partial charge on any atom is -0.332 e. The molecule has 3 nitrogen and oxygen atoms in total. The van der Waals surface area contributed by atoms with E-state index in [-0.39, 0.29) is 0 Å². The summed E-state index contributed by atoms with van der Waals surface area (Å²) in [5.74, 6) is 0. The van der Waals surface area contributed by atoms with Crippen molar-refractivity contribution in [3.8, 4) is 0 Å². The Morgan fingerprint density at radius 3 is 2.77 bits per heavy atom. The summed E-state index contributed by atoms with van der Waals surface area (Å²) in [5, 5.41) is 8.65. The molecule has 1 heterocycles. The van der Waals surface area contributed by atoms with Crippen LogP contribution in [0.4, 0.5) is 10.8 Å². The van der Waals surface area contributed by atoms with Crippen molar-refractivity contribution in [2.75, 3.05) is 10.6 Å². The van der Waals surface area contributed by atoms with E-state index in [0.717, 1.165) is 21.5 Å². The Hall–Kier alpha value is -1.40. The molecule has 0 amide bonds. The third-order valence-corrected chi connectivity index (χ3v) is 4.72. The molecule has 1 aromatic heterocycles. The first-order chi connectivity index (χ1) is 10.5. The molecule has 22 heavy (non-hydrogen) atoms. The molecule has 0 aliphatic rings. The number of thiazole rings is 1. The van der Waals surface area contributed by atoms with Crippen molar-refractivity contribution < 1.29 is 0 Å². The zero-order valence-electron chi connectivity index (χ0n) is 11.5. The Balaban J connectivity index is 1.78. The van der Waals surface area contributed by atoms with Gasteiger partial charge in [0, 0.05) is 10.7 Å². The smallest absolute Gasteiger partial charge is 0.190 e. The van der Waals surface area contributed by atoms with E-state index in [0.29, 0.717) is 20.3 Å². The highest BCUT2D eigenvalue weighted by atomic mass is 35.5. The number of aromatic nitrogens is 1. The average molecular weight is 368 g/mol. The molecule has 0 atom stereocenters. The summed E-state index contributed by atoms with van der Waals surface area (Å²) < 4.78 is 1.01. The summed E-state index contributed by atoms with van der Waals surface area (Å²) in [7, 11) is 0. The molecule has 0 bridgehead atoms. The fourth-order valence-electron chi connectivity index (χ4n) is 1.95. The maximum absolute atomic E-state index is 6.13. The standard InChI is InChI=1S/C15H11Cl2N3S2/c1-8-5-6-9(16)7-11(8)18-14(21)20-15-19-13-10(17)3-2-4-12(13)22-15/h2-7H,1H3,(H2,18,19,20,21). The number of fused-ring (bicyclic) bond motifs is 1. The van der Waals surface area contributed by atoms with Crippen molar-refractivity contribution >= 4 is 72.9 Å². The number of thiocarbonyl (C=S) groups is 1. The maximum Gasteiger partial charge on any atom is 0.190 e. The summed E-state index contributed by atoms with van der Waals surface area (Å²) >= 11 is 19.0. The predicted octanol–water partition coefficient (Wildman–Crippen LogP) is 5.72. The summed E-state index contributed by atoms with van der Waals surface area (Å²) in [4.78, 5) is 4.46. The SMILES string of the molecule is Cc1ccc(Cl)cc1NC(=S)Nc1nc2c(Cl)cccc2s1. The molecular weight excluding hydrogens is 357 g/mol. The number of hydrogen-bond acceptors (Lipinski definition) is 3. The van der Waals surface area contributed by atoms with Gasteiger partial charge in [0.2, 0.25) is 0 Å². The molecule has 0 radical (unpaired) electrons. The summed E-state index contributed by atoms with van der Waals surface area (Å²) in [6, 6.07) is 11.3. The van der Waals surface area contributed by atoms with E-state index >= 15 is 0 Å². The molecule has 2 N–H and O–H groups in total. The van der Waals surface area contributed by atoms with Gasteiger partial charge < -0.3 is 10.6 Å². The number of benzene rings is 2. The third-order valence-electron chi connectivity index (χ3n) is 3.04. The highest BCUT2D eigenvalue weighted by molar-refractivity contribution is 7.80. The van der Waals surface area contributed by atoms with Gasteiger partial charge in [-0.1, -0.05) is 46.7 Å². The molecule has 0 saturated carbocycles. The first-order valence-corrected chi connectivity index (χ1v) is 8.40. The number of hydrogen-bond donors (Lipinski definition) is 2. The second-order valence-corrected chi connectivity index (χ2v) is 6.93. The van der Waals surface area contributed by atoms with Crippen LogP contribution >= 0.6 is 46.8 Å². The van der Waals surface area contributed by atoms with Crippen LogP contribution in [-0.2, 0) is 0 Å². The van der Waals surface area contributed by atoms with Gasteiger partial charge in [-0.3, -0.25) is 0 Å². The second kappa shape index (κ2) is 6.38. The van der Waals surface area contributed by atoms with E-state index < -0.39 is 0 Å². The van der Waals surface area contributed by atoms with Crippen molar-refractivity contribution in [3.63, 3.8) is 0 Å². The van der Waals surface area contributed by atoms with Gasteiger partial charge in [-0.05, 0) is 49.0 Å². The molecule has 0 aliphatic carbocycles. The molecule has 0 fully saturated rings. The lowest BCUT2D eigenvalue weighted by atomic mass is 10.2. The number of aryl methyl sites for hydroxylation is 1. The Morgan fingerprint density at radius 2 is 2.00 bits per heavy atom. The van der Waals surface area contributed by atoms with E-state index in [2.05, 4.69) is 15.6 Å². The van der Waals surface area contributed by atoms with Crippen LogP contribution in [0.3, 0.4) is 0 Å². The van der Waals surface area contributed by atoms with Gasteiger partial charge in [0.05, 0.1) is 9.72 Å². The lowest BCUT2D eigenvalue weighted by Gasteiger charge is -2.11. The predicted molar refractivity (Wildman–Crippen MR) is 101 cm³/mol. The molecule has 2 aromatic carbocycles. The Bertz CT molecular complexity index is 861. The van der Waals surface area contributed by atoms with Gasteiger partial charge in [0.1, 0.15) is 5.52 Å². The fraction of sp³-hybridized carbons (Fsp3) is 0.0667. The Morgan fingerprint density at radius 1 is 1.18 bits per heavy atom. The summed E-state index contributed by atoms with van der Waals surface area (Å²) in [6.07, 6.45) is 0. The minimum atomic E-state index is 0.459. The van der Waals surface area contributed by atoms with E-state index in [1.165, 1.54) is 11.3 Å². The van der Waals surface area contributed by atoms with Gasteiger partial charge >= 0.3 is 0 Å². The molecular formula is C15H11Cl2N3S2. The topological polar surface area (TPSA) is 37.0 Å². The zero-order valence-corrected chi connectivity index (χ0v) is 14.6. The van der Waals surface area contributed by atoms with Gasteiger partial charge in [-0.2, -0.15) is 0 Å². The van der Waals surface area contributed by atoms with Crippen molar-refractivity contribution in [3.05, 3.63) is 52.0 Å². The van der Waals surface area contributed by atoms with Crippen molar-refractivity contribution in [1.82, 2.24) is 4.98 Å². The first kappa shape index (κ1) is 15.5. The van der Waals surface area contributed by atoms with Gasteiger partial charge in [0.25, 0.3) is 0 Å². The van der Waals surface area contributed by atoms with Crippen LogP contribution < -0.4 is 10.6 Å². The number of rotatable bonds is 2. The highest BCUT2D eigenvalue weighted by Gasteiger charge is 2.09. The number of nitrogens with zero attached hydrogens (tertiary/aromatic N) is 1. The van der Waals surface area contributed by atoms with Crippen molar-refractivity contribution in [1.29, 1.82) is 0 Å². The molecule has 112 valence electrons. The molecule has 3 rings (SSSR count). The van der Waals surface area contributed by atoms with Crippen molar-refractivity contribution in [2.45, 2.75) is 6.92 Å². The molecule has 0 unspecified atom stereocenters. The van der Waals surface area contributed by atoms with Crippen LogP contribution in [0.5, 0.6) is 0 Å². The van der Waals surface area contributed by atoms with Crippen LogP contribution in [0.1, 0.15) is 5.56 Å². The van der Waals surface area contributed by atoms with Crippen LogP contribution in [0.2, 0.25) is 10.0 Å². The van der Waals surface area contributed by atoms with Crippen LogP contribution in [0.25, 0.3) is 10.2 Å². The van der Waals surface area contributed by atoms with E-state index in [4.69, 9.17) is 35.4 Å². The number of halogens is 2. The number of para-hydroxylation sites is 1. The maximum atomic E-state index is 6.13. The molecule has 0 saturated heterocycles. The number of nitrogens with one attached hydrogen (secondary N) is 2. The number of anilines is 2. The van der Waals surface area contributed by atoms with E-state index in [9.17, 15) is 0 Å². The normalized spacial score (nSPS) is 10.7. The highest BCUT2D eigenvalue weighted by Crippen LogP contribution is 2.30. The van der Waals surface area contributed by atoms with Crippen molar-refractivity contribution in [2.24, 2.45) is 0 Å². The first-order valence-electron chi connectivity index (χ1n) is 6.42. The van der Waals surface area contributed by atoms with Gasteiger partial charge in [-0.15, -0.1) is 0 Å². The van der Waals surface area contributed by atoms with Crippen LogP contribution in [0, 0.1) is 6.92 Å².